The molecule has 2 aromatic heterocycles. The average molecular weight is 277 g/mol. The fourth-order valence-electron chi connectivity index (χ4n) is 1.99. The van der Waals surface area contributed by atoms with Crippen LogP contribution in [0.2, 0.25) is 10.2 Å². The van der Waals surface area contributed by atoms with E-state index in [1.54, 1.807) is 0 Å². The number of hydrogen-bond acceptors (Lipinski definition) is 1. The van der Waals surface area contributed by atoms with Gasteiger partial charge in [-0.15, -0.1) is 0 Å². The summed E-state index contributed by atoms with van der Waals surface area (Å²) < 4.78 is 1.97. The van der Waals surface area contributed by atoms with Crippen LogP contribution in [0.5, 0.6) is 0 Å². The largest absolute Gasteiger partial charge is 0.298 e. The highest BCUT2D eigenvalue weighted by molar-refractivity contribution is 6.34. The molecule has 3 rings (SSSR count). The molecule has 2 heterocycles. The molecule has 0 radical (unpaired) electrons. The Kier molecular flexibility index (Phi) is 2.77. The molecular weight excluding hydrogens is 267 g/mol. The van der Waals surface area contributed by atoms with Crippen LogP contribution in [0.15, 0.2) is 42.6 Å². The van der Waals surface area contributed by atoms with Crippen molar-refractivity contribution in [3.8, 4) is 11.4 Å². The first-order valence-corrected chi connectivity index (χ1v) is 6.31. The molecule has 0 spiro atoms. The Morgan fingerprint density at radius 3 is 2.61 bits per heavy atom. The van der Waals surface area contributed by atoms with Crippen molar-refractivity contribution in [3.05, 3.63) is 58.3 Å². The second-order valence-corrected chi connectivity index (χ2v) is 4.93. The van der Waals surface area contributed by atoms with Gasteiger partial charge in [-0.3, -0.25) is 4.40 Å². The molecule has 1 aromatic carbocycles. The molecule has 0 bridgehead atoms. The molecule has 18 heavy (non-hydrogen) atoms. The number of hydrogen-bond donors (Lipinski definition) is 0. The maximum atomic E-state index is 6.21. The van der Waals surface area contributed by atoms with Gasteiger partial charge in [-0.25, -0.2) is 4.98 Å². The number of aromatic nitrogens is 2. The Hall–Kier alpha value is -1.51. The molecule has 0 N–H and O–H groups in total. The maximum Gasteiger partial charge on any atom is 0.155 e. The van der Waals surface area contributed by atoms with Crippen LogP contribution in [0, 0.1) is 6.92 Å². The normalized spacial score (nSPS) is 11.1. The Balaban J connectivity index is 2.36. The molecule has 0 fully saturated rings. The number of pyridine rings is 1. The monoisotopic (exact) mass is 276 g/mol. The first-order valence-electron chi connectivity index (χ1n) is 5.56. The highest BCUT2D eigenvalue weighted by Crippen LogP contribution is 2.30. The van der Waals surface area contributed by atoms with E-state index < -0.39 is 0 Å². The number of aryl methyl sites for hydroxylation is 1. The highest BCUT2D eigenvalue weighted by Gasteiger charge is 2.13. The van der Waals surface area contributed by atoms with E-state index >= 15 is 0 Å². The smallest absolute Gasteiger partial charge is 0.155 e. The van der Waals surface area contributed by atoms with Gasteiger partial charge >= 0.3 is 0 Å². The zero-order valence-corrected chi connectivity index (χ0v) is 11.2. The number of nitrogens with zero attached hydrogens (tertiary/aromatic N) is 2. The number of halogens is 2. The van der Waals surface area contributed by atoms with Crippen molar-refractivity contribution in [2.45, 2.75) is 6.92 Å². The third-order valence-electron chi connectivity index (χ3n) is 2.85. The van der Waals surface area contributed by atoms with Crippen LogP contribution in [0.3, 0.4) is 0 Å². The van der Waals surface area contributed by atoms with Gasteiger partial charge in [0.15, 0.2) is 5.15 Å². The summed E-state index contributed by atoms with van der Waals surface area (Å²) in [4.78, 5) is 4.41. The maximum absolute atomic E-state index is 6.21. The summed E-state index contributed by atoms with van der Waals surface area (Å²) in [5.41, 5.74) is 2.91. The van der Waals surface area contributed by atoms with Crippen molar-refractivity contribution < 1.29 is 0 Å². The molecule has 0 saturated carbocycles. The van der Waals surface area contributed by atoms with Crippen LogP contribution in [-0.4, -0.2) is 9.38 Å². The fraction of sp³-hybridized carbons (Fsp3) is 0.0714. The van der Waals surface area contributed by atoms with E-state index in [4.69, 9.17) is 23.2 Å². The predicted molar refractivity (Wildman–Crippen MR) is 75.4 cm³/mol. The van der Waals surface area contributed by atoms with E-state index in [9.17, 15) is 0 Å². The summed E-state index contributed by atoms with van der Waals surface area (Å²) in [6.45, 7) is 2.03. The molecule has 0 aliphatic carbocycles. The first-order chi connectivity index (χ1) is 8.66. The van der Waals surface area contributed by atoms with Gasteiger partial charge in [-0.05, 0) is 30.7 Å². The summed E-state index contributed by atoms with van der Waals surface area (Å²) >= 11 is 12.4. The Labute approximate surface area is 115 Å². The van der Waals surface area contributed by atoms with Gasteiger partial charge in [0.25, 0.3) is 0 Å². The third-order valence-corrected chi connectivity index (χ3v) is 3.46. The van der Waals surface area contributed by atoms with Crippen LogP contribution in [0.4, 0.5) is 0 Å². The van der Waals surface area contributed by atoms with E-state index in [0.717, 1.165) is 22.5 Å². The molecule has 0 saturated heterocycles. The molecule has 0 atom stereocenters. The van der Waals surface area contributed by atoms with Crippen molar-refractivity contribution in [1.29, 1.82) is 0 Å². The minimum absolute atomic E-state index is 0.491. The van der Waals surface area contributed by atoms with E-state index in [1.165, 1.54) is 0 Å². The lowest BCUT2D eigenvalue weighted by Crippen LogP contribution is -1.90. The van der Waals surface area contributed by atoms with E-state index in [2.05, 4.69) is 4.98 Å². The summed E-state index contributed by atoms with van der Waals surface area (Å²) in [7, 11) is 0. The highest BCUT2D eigenvalue weighted by atomic mass is 35.5. The van der Waals surface area contributed by atoms with E-state index in [1.807, 2.05) is 53.9 Å². The first kappa shape index (κ1) is 11.6. The Bertz CT molecular complexity index is 732. The van der Waals surface area contributed by atoms with Gasteiger partial charge < -0.3 is 0 Å². The summed E-state index contributed by atoms with van der Waals surface area (Å²) in [5, 5.41) is 1.16. The zero-order valence-electron chi connectivity index (χ0n) is 9.69. The lowest BCUT2D eigenvalue weighted by Gasteiger charge is -2.04. The third kappa shape index (κ3) is 1.78. The summed E-state index contributed by atoms with van der Waals surface area (Å²) in [6, 6.07) is 11.6. The molecule has 0 aliphatic rings. The minimum Gasteiger partial charge on any atom is -0.298 e. The van der Waals surface area contributed by atoms with Crippen molar-refractivity contribution in [2.24, 2.45) is 0 Å². The second kappa shape index (κ2) is 4.30. The lowest BCUT2D eigenvalue weighted by atomic mass is 10.2. The number of imidazole rings is 1. The van der Waals surface area contributed by atoms with E-state index in [0.29, 0.717) is 10.2 Å². The summed E-state index contributed by atoms with van der Waals surface area (Å²) in [6.07, 6.45) is 2.01. The average Bonchev–Trinajstić information content (AvgIpc) is 2.67. The van der Waals surface area contributed by atoms with Gasteiger partial charge in [-0.1, -0.05) is 41.4 Å². The molecule has 2 nitrogen and oxygen atoms in total. The fourth-order valence-corrected chi connectivity index (χ4v) is 2.44. The van der Waals surface area contributed by atoms with Crippen molar-refractivity contribution in [1.82, 2.24) is 9.38 Å². The minimum atomic E-state index is 0.491. The van der Waals surface area contributed by atoms with Crippen LogP contribution in [-0.2, 0) is 0 Å². The van der Waals surface area contributed by atoms with Crippen molar-refractivity contribution in [2.75, 3.05) is 0 Å². The zero-order chi connectivity index (χ0) is 12.7. The topological polar surface area (TPSA) is 17.3 Å². The number of benzene rings is 1. The standard InChI is InChI=1S/C14H10Cl2N2/c1-9-6-7-12-13(16)17-14(18(12)8-9)10-4-2-3-5-11(10)15/h2-8H,1H3. The Morgan fingerprint density at radius 2 is 1.83 bits per heavy atom. The molecule has 0 amide bonds. The molecule has 0 unspecified atom stereocenters. The summed E-state index contributed by atoms with van der Waals surface area (Å²) in [5.74, 6) is 0.768. The molecule has 0 aliphatic heterocycles. The Morgan fingerprint density at radius 1 is 1.06 bits per heavy atom. The second-order valence-electron chi connectivity index (χ2n) is 4.17. The van der Waals surface area contributed by atoms with Crippen LogP contribution in [0.25, 0.3) is 16.9 Å². The van der Waals surface area contributed by atoms with Crippen molar-refractivity contribution in [3.63, 3.8) is 0 Å². The van der Waals surface area contributed by atoms with Crippen molar-refractivity contribution >= 4 is 28.7 Å². The number of fused-ring (bicyclic) bond motifs is 1. The van der Waals surface area contributed by atoms with Gasteiger partial charge in [0, 0.05) is 11.8 Å². The lowest BCUT2D eigenvalue weighted by molar-refractivity contribution is 1.14. The van der Waals surface area contributed by atoms with Gasteiger partial charge in [-0.2, -0.15) is 0 Å². The van der Waals surface area contributed by atoms with Gasteiger partial charge in [0.2, 0.25) is 0 Å². The van der Waals surface area contributed by atoms with E-state index in [-0.39, 0.29) is 0 Å². The predicted octanol–water partition coefficient (Wildman–Crippen LogP) is 4.62. The molecule has 90 valence electrons. The SMILES string of the molecule is Cc1ccc2c(Cl)nc(-c3ccccc3Cl)n2c1. The number of rotatable bonds is 1. The molecule has 4 heteroatoms. The quantitative estimate of drug-likeness (QED) is 0.634. The van der Waals surface area contributed by atoms with Crippen LogP contribution in [0.1, 0.15) is 5.56 Å². The van der Waals surface area contributed by atoms with Gasteiger partial charge in [0.05, 0.1) is 10.5 Å². The van der Waals surface area contributed by atoms with Crippen LogP contribution < -0.4 is 0 Å². The molecular formula is C14H10Cl2N2. The molecule has 3 aromatic rings. The van der Waals surface area contributed by atoms with Gasteiger partial charge in [0.1, 0.15) is 5.82 Å². The van der Waals surface area contributed by atoms with Crippen LogP contribution >= 0.6 is 23.2 Å².